The quantitative estimate of drug-likeness (QED) is 0.252. The first-order valence-electron chi connectivity index (χ1n) is 12.3. The number of rotatable bonds is 13. The summed E-state index contributed by atoms with van der Waals surface area (Å²) >= 11 is 0. The Morgan fingerprint density at radius 3 is 1.82 bits per heavy atom. The number of carbonyl (C=O) groups excluding carboxylic acids is 3. The number of hydroxylamine groups is 2. The number of nitrogens with zero attached hydrogens (tertiary/aromatic N) is 1. The van der Waals surface area contributed by atoms with Crippen LogP contribution in [0.25, 0.3) is 0 Å². The molecule has 0 heterocycles. The third kappa shape index (κ3) is 10.2. The standard InChI is InChI=1S/C29H29F3N2O5/c30-29(31,32)25(18-22-10-4-1-5-11-22)28(37)34(39-21-24-14-8-3-9-15-24)17-16-26(35)33-19-27(36)38-20-23-12-6-2-7-13-23/h1-15,25H,16-21H2,(H,33,35). The second-order valence-electron chi connectivity index (χ2n) is 8.66. The highest BCUT2D eigenvalue weighted by atomic mass is 19.4. The van der Waals surface area contributed by atoms with Crippen molar-refractivity contribution in [2.24, 2.45) is 5.92 Å². The van der Waals surface area contributed by atoms with Crippen LogP contribution >= 0.6 is 0 Å². The minimum absolute atomic E-state index is 0.0331. The van der Waals surface area contributed by atoms with E-state index in [2.05, 4.69) is 5.32 Å². The average Bonchev–Trinajstić information content (AvgIpc) is 2.94. The minimum atomic E-state index is -4.84. The Balaban J connectivity index is 1.60. The van der Waals surface area contributed by atoms with Gasteiger partial charge in [-0.05, 0) is 23.1 Å². The minimum Gasteiger partial charge on any atom is -0.460 e. The average molecular weight is 543 g/mol. The van der Waals surface area contributed by atoms with Crippen molar-refractivity contribution in [1.82, 2.24) is 10.4 Å². The van der Waals surface area contributed by atoms with Crippen LogP contribution in [0.3, 0.4) is 0 Å². The number of carbonyl (C=O) groups is 3. The monoisotopic (exact) mass is 542 g/mol. The first kappa shape index (κ1) is 29.4. The summed E-state index contributed by atoms with van der Waals surface area (Å²) in [7, 11) is 0. The number of nitrogens with one attached hydrogen (secondary N) is 1. The van der Waals surface area contributed by atoms with Gasteiger partial charge in [0.05, 0.1) is 6.54 Å². The Morgan fingerprint density at radius 2 is 1.28 bits per heavy atom. The van der Waals surface area contributed by atoms with E-state index in [4.69, 9.17) is 9.57 Å². The Kier molecular flexibility index (Phi) is 11.1. The maximum atomic E-state index is 13.9. The molecule has 1 atom stereocenters. The van der Waals surface area contributed by atoms with E-state index in [1.54, 1.807) is 72.8 Å². The van der Waals surface area contributed by atoms with Crippen molar-refractivity contribution in [1.29, 1.82) is 0 Å². The van der Waals surface area contributed by atoms with Crippen molar-refractivity contribution in [3.8, 4) is 0 Å². The molecule has 0 saturated heterocycles. The molecule has 10 heteroatoms. The largest absolute Gasteiger partial charge is 0.460 e. The summed E-state index contributed by atoms with van der Waals surface area (Å²) < 4.78 is 46.9. The van der Waals surface area contributed by atoms with E-state index in [0.29, 0.717) is 16.2 Å². The highest BCUT2D eigenvalue weighted by Crippen LogP contribution is 2.31. The van der Waals surface area contributed by atoms with E-state index in [9.17, 15) is 27.6 Å². The molecule has 206 valence electrons. The smallest absolute Gasteiger partial charge is 0.400 e. The molecule has 1 unspecified atom stereocenters. The summed E-state index contributed by atoms with van der Waals surface area (Å²) in [6.07, 6.45) is -5.80. The zero-order valence-electron chi connectivity index (χ0n) is 21.1. The van der Waals surface area contributed by atoms with Crippen molar-refractivity contribution in [3.63, 3.8) is 0 Å². The zero-order valence-corrected chi connectivity index (χ0v) is 21.1. The summed E-state index contributed by atoms with van der Waals surface area (Å²) in [6.45, 7) is -1.01. The van der Waals surface area contributed by atoms with E-state index < -0.39 is 49.4 Å². The molecule has 0 saturated carbocycles. The first-order valence-corrected chi connectivity index (χ1v) is 12.3. The SMILES string of the molecule is O=C(CCN(OCc1ccccc1)C(=O)C(Cc1ccccc1)C(F)(F)F)NCC(=O)OCc1ccccc1. The van der Waals surface area contributed by atoms with Gasteiger partial charge >= 0.3 is 12.1 Å². The Hall–Kier alpha value is -4.18. The van der Waals surface area contributed by atoms with Crippen LogP contribution in [0, 0.1) is 5.92 Å². The highest BCUT2D eigenvalue weighted by Gasteiger charge is 2.47. The molecule has 0 radical (unpaired) electrons. The number of halogens is 3. The summed E-state index contributed by atoms with van der Waals surface area (Å²) in [6, 6.07) is 25.4. The number of benzene rings is 3. The van der Waals surface area contributed by atoms with Crippen LogP contribution < -0.4 is 5.32 Å². The van der Waals surface area contributed by atoms with Crippen molar-refractivity contribution < 1.29 is 37.1 Å². The molecule has 0 aliphatic carbocycles. The van der Waals surface area contributed by atoms with Crippen LogP contribution in [0.15, 0.2) is 91.0 Å². The topological polar surface area (TPSA) is 84.9 Å². The normalized spacial score (nSPS) is 11.9. The van der Waals surface area contributed by atoms with Gasteiger partial charge in [-0.25, -0.2) is 5.06 Å². The number of alkyl halides is 3. The summed E-state index contributed by atoms with van der Waals surface area (Å²) in [5.41, 5.74) is 1.74. The lowest BCUT2D eigenvalue weighted by Gasteiger charge is -2.28. The van der Waals surface area contributed by atoms with Crippen LogP contribution in [-0.4, -0.2) is 42.1 Å². The first-order chi connectivity index (χ1) is 18.7. The molecule has 0 fully saturated rings. The number of ether oxygens (including phenoxy) is 1. The van der Waals surface area contributed by atoms with Gasteiger partial charge in [0.1, 0.15) is 25.7 Å². The number of esters is 1. The molecule has 3 aromatic carbocycles. The predicted octanol–water partition coefficient (Wildman–Crippen LogP) is 4.62. The van der Waals surface area contributed by atoms with E-state index in [1.165, 1.54) is 12.1 Å². The van der Waals surface area contributed by atoms with Crippen molar-refractivity contribution in [2.75, 3.05) is 13.1 Å². The van der Waals surface area contributed by atoms with Gasteiger partial charge < -0.3 is 10.1 Å². The lowest BCUT2D eigenvalue weighted by Crippen LogP contribution is -2.45. The van der Waals surface area contributed by atoms with E-state index in [0.717, 1.165) is 5.56 Å². The van der Waals surface area contributed by atoms with Crippen molar-refractivity contribution in [2.45, 2.75) is 32.2 Å². The second-order valence-corrected chi connectivity index (χ2v) is 8.66. The van der Waals surface area contributed by atoms with E-state index >= 15 is 0 Å². The van der Waals surface area contributed by atoms with Crippen molar-refractivity contribution in [3.05, 3.63) is 108 Å². The molecule has 3 aromatic rings. The third-order valence-corrected chi connectivity index (χ3v) is 5.67. The Morgan fingerprint density at radius 1 is 0.769 bits per heavy atom. The molecule has 0 spiro atoms. The molecule has 0 aliphatic rings. The fourth-order valence-electron chi connectivity index (χ4n) is 3.58. The fraction of sp³-hybridized carbons (Fsp3) is 0.276. The zero-order chi connectivity index (χ0) is 28.1. The second kappa shape index (κ2) is 14.7. The Labute approximate surface area is 224 Å². The molecule has 1 N–H and O–H groups in total. The van der Waals surface area contributed by atoms with Crippen molar-refractivity contribution >= 4 is 17.8 Å². The lowest BCUT2D eigenvalue weighted by atomic mass is 9.97. The lowest BCUT2D eigenvalue weighted by molar-refractivity contribution is -0.224. The predicted molar refractivity (Wildman–Crippen MR) is 136 cm³/mol. The molecule has 2 amide bonds. The Bertz CT molecular complexity index is 1190. The van der Waals surface area contributed by atoms with Crippen LogP contribution in [0.2, 0.25) is 0 Å². The highest BCUT2D eigenvalue weighted by molar-refractivity contribution is 5.83. The molecule has 0 bridgehead atoms. The summed E-state index contributed by atoms with van der Waals surface area (Å²) in [5, 5.41) is 2.94. The number of hydrogen-bond acceptors (Lipinski definition) is 5. The van der Waals surface area contributed by atoms with Gasteiger partial charge in [0.15, 0.2) is 0 Å². The van der Waals surface area contributed by atoms with E-state index in [1.807, 2.05) is 6.07 Å². The number of hydrogen-bond donors (Lipinski definition) is 1. The summed E-state index contributed by atoms with van der Waals surface area (Å²) in [4.78, 5) is 42.9. The molecule has 0 aliphatic heterocycles. The van der Waals surface area contributed by atoms with Gasteiger partial charge in [-0.2, -0.15) is 13.2 Å². The maximum absolute atomic E-state index is 13.9. The third-order valence-electron chi connectivity index (χ3n) is 5.67. The van der Waals surface area contributed by atoms with Gasteiger partial charge in [-0.3, -0.25) is 19.2 Å². The molecular weight excluding hydrogens is 513 g/mol. The van der Waals surface area contributed by atoms with Gasteiger partial charge in [0, 0.05) is 6.42 Å². The van der Waals surface area contributed by atoms with Crippen LogP contribution in [0.5, 0.6) is 0 Å². The van der Waals surface area contributed by atoms with Crippen LogP contribution in [-0.2, 0) is 43.6 Å². The molecule has 0 aromatic heterocycles. The van der Waals surface area contributed by atoms with Crippen LogP contribution in [0.4, 0.5) is 13.2 Å². The van der Waals surface area contributed by atoms with Gasteiger partial charge in [0.2, 0.25) is 5.91 Å². The molecule has 3 rings (SSSR count). The van der Waals surface area contributed by atoms with Gasteiger partial charge in [-0.15, -0.1) is 0 Å². The molecular formula is C29H29F3N2O5. The summed E-state index contributed by atoms with van der Waals surface area (Å²) in [5.74, 6) is -5.01. The van der Waals surface area contributed by atoms with Crippen LogP contribution in [0.1, 0.15) is 23.1 Å². The fourth-order valence-corrected chi connectivity index (χ4v) is 3.58. The van der Waals surface area contributed by atoms with Gasteiger partial charge in [0.25, 0.3) is 5.91 Å². The molecule has 7 nitrogen and oxygen atoms in total. The van der Waals surface area contributed by atoms with E-state index in [-0.39, 0.29) is 19.6 Å². The molecule has 39 heavy (non-hydrogen) atoms. The number of amides is 2. The van der Waals surface area contributed by atoms with Gasteiger partial charge in [-0.1, -0.05) is 91.0 Å². The maximum Gasteiger partial charge on any atom is 0.400 e.